The smallest absolute Gasteiger partial charge is 0.375 e. The lowest BCUT2D eigenvalue weighted by Gasteiger charge is -2.31. The molecule has 1 aliphatic rings. The molecular weight excluding hydrogens is 365 g/mol. The minimum atomic E-state index is -4.89. The normalized spacial score (nSPS) is 20.6. The number of alkyl halides is 3. The van der Waals surface area contributed by atoms with E-state index >= 15 is 0 Å². The van der Waals surface area contributed by atoms with Crippen molar-refractivity contribution in [2.75, 3.05) is 24.6 Å². The number of carbonyl (C=O) groups is 1. The Hall–Kier alpha value is -0.960. The Morgan fingerprint density at radius 3 is 2.54 bits per heavy atom. The Bertz CT molecular complexity index is 527. The molecule has 136 valence electrons. The van der Waals surface area contributed by atoms with Crippen LogP contribution in [0.15, 0.2) is 30.3 Å². The maximum absolute atomic E-state index is 13.3. The standard InChI is InChI=1S/C15H19F3N2O2S.ClH/c16-15(17,18)14(22,11-4-2-1-3-5-11)10-20-13(21)8-12-9-23-7-6-19-12;/h1-5,12,19,22H,6-10H2,(H,20,21);1H. The van der Waals surface area contributed by atoms with E-state index in [2.05, 4.69) is 10.6 Å². The molecule has 1 heterocycles. The summed E-state index contributed by atoms with van der Waals surface area (Å²) >= 11 is 1.70. The number of aliphatic hydroxyl groups is 1. The number of benzene rings is 1. The highest BCUT2D eigenvalue weighted by Gasteiger charge is 2.55. The molecule has 24 heavy (non-hydrogen) atoms. The van der Waals surface area contributed by atoms with Crippen LogP contribution in [-0.2, 0) is 10.4 Å². The molecule has 0 spiro atoms. The fourth-order valence-corrected chi connectivity index (χ4v) is 3.30. The molecule has 9 heteroatoms. The summed E-state index contributed by atoms with van der Waals surface area (Å²) in [5.74, 6) is 1.19. The van der Waals surface area contributed by atoms with Gasteiger partial charge in [-0.05, 0) is 5.56 Å². The van der Waals surface area contributed by atoms with Crippen molar-refractivity contribution in [1.82, 2.24) is 10.6 Å². The molecule has 2 unspecified atom stereocenters. The predicted octanol–water partition coefficient (Wildman–Crippen LogP) is 2.07. The van der Waals surface area contributed by atoms with Gasteiger partial charge in [0, 0.05) is 30.5 Å². The third kappa shape index (κ3) is 5.27. The molecule has 1 aliphatic heterocycles. The molecule has 1 saturated heterocycles. The van der Waals surface area contributed by atoms with Gasteiger partial charge in [0.15, 0.2) is 0 Å². The number of carbonyl (C=O) groups excluding carboxylic acids is 1. The first-order chi connectivity index (χ1) is 10.8. The first-order valence-electron chi connectivity index (χ1n) is 7.25. The molecule has 1 aromatic carbocycles. The van der Waals surface area contributed by atoms with Crippen molar-refractivity contribution in [3.8, 4) is 0 Å². The number of hydrogen-bond donors (Lipinski definition) is 3. The second kappa shape index (κ2) is 8.94. The van der Waals surface area contributed by atoms with E-state index in [-0.39, 0.29) is 30.4 Å². The van der Waals surface area contributed by atoms with Gasteiger partial charge < -0.3 is 15.7 Å². The van der Waals surface area contributed by atoms with E-state index in [4.69, 9.17) is 0 Å². The number of amides is 1. The summed E-state index contributed by atoms with van der Waals surface area (Å²) < 4.78 is 39.8. The molecule has 0 aromatic heterocycles. The minimum Gasteiger partial charge on any atom is -0.375 e. The van der Waals surface area contributed by atoms with Crippen LogP contribution >= 0.6 is 24.2 Å². The van der Waals surface area contributed by atoms with Crippen LogP contribution in [0, 0.1) is 0 Å². The van der Waals surface area contributed by atoms with Crippen molar-refractivity contribution < 1.29 is 23.1 Å². The van der Waals surface area contributed by atoms with Gasteiger partial charge in [-0.15, -0.1) is 12.4 Å². The fourth-order valence-electron chi connectivity index (χ4n) is 2.35. The summed E-state index contributed by atoms with van der Waals surface area (Å²) in [6, 6.07) is 6.72. The maximum Gasteiger partial charge on any atom is 0.423 e. The van der Waals surface area contributed by atoms with Crippen molar-refractivity contribution in [2.45, 2.75) is 24.2 Å². The van der Waals surface area contributed by atoms with E-state index in [1.807, 2.05) is 0 Å². The molecule has 2 atom stereocenters. The van der Waals surface area contributed by atoms with Crippen LogP contribution in [-0.4, -0.2) is 47.8 Å². The third-order valence-corrected chi connectivity index (χ3v) is 4.82. The molecule has 4 nitrogen and oxygen atoms in total. The van der Waals surface area contributed by atoms with Crippen LogP contribution in [0.4, 0.5) is 13.2 Å². The predicted molar refractivity (Wildman–Crippen MR) is 90.4 cm³/mol. The van der Waals surface area contributed by atoms with Crippen molar-refractivity contribution in [2.24, 2.45) is 0 Å². The molecule has 1 amide bonds. The van der Waals surface area contributed by atoms with E-state index in [1.165, 1.54) is 24.3 Å². The van der Waals surface area contributed by atoms with E-state index in [0.29, 0.717) is 0 Å². The SMILES string of the molecule is Cl.O=C(CC1CSCCN1)NCC(O)(c1ccccc1)C(F)(F)F. The Balaban J connectivity index is 0.00000288. The summed E-state index contributed by atoms with van der Waals surface area (Å²) in [4.78, 5) is 11.9. The molecule has 0 radical (unpaired) electrons. The van der Waals surface area contributed by atoms with Crippen LogP contribution in [0.3, 0.4) is 0 Å². The minimum absolute atomic E-state index is 0. The largest absolute Gasteiger partial charge is 0.423 e. The van der Waals surface area contributed by atoms with Gasteiger partial charge in [-0.1, -0.05) is 30.3 Å². The zero-order valence-electron chi connectivity index (χ0n) is 12.8. The van der Waals surface area contributed by atoms with Gasteiger partial charge >= 0.3 is 6.18 Å². The van der Waals surface area contributed by atoms with E-state index in [9.17, 15) is 23.1 Å². The van der Waals surface area contributed by atoms with Gasteiger partial charge in [-0.3, -0.25) is 4.79 Å². The Labute approximate surface area is 149 Å². The van der Waals surface area contributed by atoms with Crippen LogP contribution < -0.4 is 10.6 Å². The van der Waals surface area contributed by atoms with E-state index in [0.717, 1.165) is 18.1 Å². The quantitative estimate of drug-likeness (QED) is 0.727. The maximum atomic E-state index is 13.3. The second-order valence-corrected chi connectivity index (χ2v) is 6.58. The molecule has 2 rings (SSSR count). The van der Waals surface area contributed by atoms with Crippen molar-refractivity contribution >= 4 is 30.1 Å². The zero-order chi connectivity index (χ0) is 16.9. The Morgan fingerprint density at radius 2 is 2.00 bits per heavy atom. The number of hydrogen-bond acceptors (Lipinski definition) is 4. The fraction of sp³-hybridized carbons (Fsp3) is 0.533. The monoisotopic (exact) mass is 384 g/mol. The van der Waals surface area contributed by atoms with Crippen LogP contribution in [0.5, 0.6) is 0 Å². The van der Waals surface area contributed by atoms with Gasteiger partial charge in [0.25, 0.3) is 0 Å². The van der Waals surface area contributed by atoms with Crippen LogP contribution in [0.1, 0.15) is 12.0 Å². The first kappa shape index (κ1) is 21.1. The van der Waals surface area contributed by atoms with Gasteiger partial charge in [-0.25, -0.2) is 0 Å². The summed E-state index contributed by atoms with van der Waals surface area (Å²) in [5, 5.41) is 15.5. The topological polar surface area (TPSA) is 61.4 Å². The van der Waals surface area contributed by atoms with Crippen molar-refractivity contribution in [3.63, 3.8) is 0 Å². The second-order valence-electron chi connectivity index (χ2n) is 5.43. The third-order valence-electron chi connectivity index (χ3n) is 3.69. The van der Waals surface area contributed by atoms with Crippen LogP contribution in [0.25, 0.3) is 0 Å². The summed E-state index contributed by atoms with van der Waals surface area (Å²) in [7, 11) is 0. The number of nitrogens with one attached hydrogen (secondary N) is 2. The molecule has 0 saturated carbocycles. The van der Waals surface area contributed by atoms with Gasteiger partial charge in [0.2, 0.25) is 11.5 Å². The van der Waals surface area contributed by atoms with Crippen LogP contribution in [0.2, 0.25) is 0 Å². The Morgan fingerprint density at radius 1 is 1.33 bits per heavy atom. The number of thioether (sulfide) groups is 1. The van der Waals surface area contributed by atoms with Crippen molar-refractivity contribution in [1.29, 1.82) is 0 Å². The molecule has 1 aromatic rings. The highest BCUT2D eigenvalue weighted by Crippen LogP contribution is 2.38. The molecule has 1 fully saturated rings. The van der Waals surface area contributed by atoms with E-state index < -0.39 is 24.2 Å². The van der Waals surface area contributed by atoms with Gasteiger partial charge in [-0.2, -0.15) is 24.9 Å². The summed E-state index contributed by atoms with van der Waals surface area (Å²) in [5.41, 5.74) is -3.39. The lowest BCUT2D eigenvalue weighted by Crippen LogP contribution is -2.52. The lowest BCUT2D eigenvalue weighted by molar-refractivity contribution is -0.264. The summed E-state index contributed by atoms with van der Waals surface area (Å²) in [6.45, 7) is -0.127. The lowest BCUT2D eigenvalue weighted by atomic mass is 9.93. The highest BCUT2D eigenvalue weighted by atomic mass is 35.5. The first-order valence-corrected chi connectivity index (χ1v) is 8.41. The molecule has 0 bridgehead atoms. The Kier molecular flexibility index (Phi) is 7.85. The van der Waals surface area contributed by atoms with Crippen molar-refractivity contribution in [3.05, 3.63) is 35.9 Å². The zero-order valence-corrected chi connectivity index (χ0v) is 14.4. The summed E-state index contributed by atoms with van der Waals surface area (Å²) in [6.07, 6.45) is -4.80. The van der Waals surface area contributed by atoms with E-state index in [1.54, 1.807) is 17.8 Å². The average molecular weight is 385 g/mol. The average Bonchev–Trinajstić information content (AvgIpc) is 2.53. The highest BCUT2D eigenvalue weighted by molar-refractivity contribution is 7.99. The molecular formula is C15H20ClF3N2O2S. The number of rotatable bonds is 5. The van der Waals surface area contributed by atoms with Gasteiger partial charge in [0.05, 0.1) is 6.54 Å². The number of halogens is 4. The molecule has 3 N–H and O–H groups in total. The van der Waals surface area contributed by atoms with Gasteiger partial charge in [0.1, 0.15) is 0 Å². The molecule has 0 aliphatic carbocycles.